The Labute approximate surface area is 59.6 Å². The Morgan fingerprint density at radius 2 is 2.30 bits per heavy atom. The molecule has 4 heteroatoms. The Hall–Kier alpha value is -1.03. The summed E-state index contributed by atoms with van der Waals surface area (Å²) in [6.45, 7) is 3.77. The van der Waals surface area contributed by atoms with E-state index >= 15 is 0 Å². The van der Waals surface area contributed by atoms with Gasteiger partial charge >= 0.3 is 5.97 Å². The van der Waals surface area contributed by atoms with Crippen LogP contribution < -0.4 is 5.73 Å². The van der Waals surface area contributed by atoms with Crippen LogP contribution in [0.1, 0.15) is 0 Å². The molecule has 0 spiro atoms. The summed E-state index contributed by atoms with van der Waals surface area (Å²) in [5, 5.41) is 0. The van der Waals surface area contributed by atoms with Crippen LogP contribution in [0.2, 0.25) is 0 Å². The Morgan fingerprint density at radius 1 is 1.60 bits per heavy atom. The van der Waals surface area contributed by atoms with Gasteiger partial charge in [-0.2, -0.15) is 0 Å². The van der Waals surface area contributed by atoms with E-state index in [0.29, 0.717) is 6.61 Å². The lowest BCUT2D eigenvalue weighted by Crippen LogP contribution is -2.18. The van der Waals surface area contributed by atoms with Crippen LogP contribution in [0.15, 0.2) is 12.8 Å². The summed E-state index contributed by atoms with van der Waals surface area (Å²) in [4.78, 5) is 10.3. The number of esters is 1. The molecule has 10 heavy (non-hydrogen) atoms. The number of carbonyl (C=O) groups is 1. The Bertz CT molecular complexity index is 114. The van der Waals surface area contributed by atoms with Crippen molar-refractivity contribution in [1.29, 1.82) is 0 Å². The molecule has 0 aliphatic rings. The van der Waals surface area contributed by atoms with E-state index in [9.17, 15) is 4.79 Å². The number of carbonyl (C=O) groups excluding carboxylic acids is 1. The van der Waals surface area contributed by atoms with E-state index in [0.717, 1.165) is 0 Å². The van der Waals surface area contributed by atoms with Crippen molar-refractivity contribution in [3.63, 3.8) is 0 Å². The van der Waals surface area contributed by atoms with E-state index in [2.05, 4.69) is 16.1 Å². The summed E-state index contributed by atoms with van der Waals surface area (Å²) < 4.78 is 9.23. The van der Waals surface area contributed by atoms with E-state index in [1.165, 1.54) is 6.26 Å². The molecular weight excluding hydrogens is 134 g/mol. The van der Waals surface area contributed by atoms with Gasteiger partial charge in [0.15, 0.2) is 0 Å². The molecular formula is C6H11NO3. The maximum atomic E-state index is 10.3. The van der Waals surface area contributed by atoms with Crippen molar-refractivity contribution < 1.29 is 14.3 Å². The van der Waals surface area contributed by atoms with Crippen molar-refractivity contribution in [2.45, 2.75) is 0 Å². The minimum Gasteiger partial charge on any atom is -0.498 e. The highest BCUT2D eigenvalue weighted by Gasteiger charge is 1.95. The van der Waals surface area contributed by atoms with Gasteiger partial charge in [-0.15, -0.1) is 0 Å². The number of rotatable bonds is 5. The van der Waals surface area contributed by atoms with Gasteiger partial charge in [0.2, 0.25) is 0 Å². The van der Waals surface area contributed by atoms with Gasteiger partial charge < -0.3 is 15.2 Å². The molecule has 0 radical (unpaired) electrons. The molecule has 2 N–H and O–H groups in total. The first-order valence-electron chi connectivity index (χ1n) is 2.89. The number of nitrogens with two attached hydrogens (primary N) is 1. The molecule has 0 fully saturated rings. The van der Waals surface area contributed by atoms with Gasteiger partial charge in [0.1, 0.15) is 13.2 Å². The smallest absolute Gasteiger partial charge is 0.319 e. The first kappa shape index (κ1) is 8.97. The minimum absolute atomic E-state index is 0.0892. The molecule has 0 aliphatic heterocycles. The molecule has 4 nitrogen and oxygen atoms in total. The molecule has 0 heterocycles. The van der Waals surface area contributed by atoms with E-state index in [1.807, 2.05) is 0 Å². The zero-order chi connectivity index (χ0) is 7.82. The molecule has 0 saturated heterocycles. The molecule has 0 amide bonds. The van der Waals surface area contributed by atoms with Gasteiger partial charge in [-0.1, -0.05) is 6.58 Å². The van der Waals surface area contributed by atoms with Gasteiger partial charge in [-0.3, -0.25) is 4.79 Å². The molecule has 0 aromatic rings. The Kier molecular flexibility index (Phi) is 5.47. The van der Waals surface area contributed by atoms with E-state index in [4.69, 9.17) is 5.73 Å². The highest BCUT2D eigenvalue weighted by molar-refractivity contribution is 5.71. The fraction of sp³-hybridized carbons (Fsp3) is 0.500. The molecule has 0 aromatic carbocycles. The van der Waals surface area contributed by atoms with E-state index < -0.39 is 5.97 Å². The van der Waals surface area contributed by atoms with Gasteiger partial charge in [0, 0.05) is 0 Å². The normalized spacial score (nSPS) is 8.50. The second kappa shape index (κ2) is 6.10. The van der Waals surface area contributed by atoms with Crippen molar-refractivity contribution in [2.24, 2.45) is 5.73 Å². The lowest BCUT2D eigenvalue weighted by molar-refractivity contribution is -0.142. The highest BCUT2D eigenvalue weighted by Crippen LogP contribution is 1.78. The molecule has 0 aromatic heterocycles. The van der Waals surface area contributed by atoms with Crippen molar-refractivity contribution in [1.82, 2.24) is 0 Å². The molecule has 0 aliphatic carbocycles. The first-order chi connectivity index (χ1) is 4.81. The monoisotopic (exact) mass is 145 g/mol. The standard InChI is InChI=1S/C6H11NO3/c1-2-9-3-4-10-6(8)5-7/h2H,1,3-5,7H2. The van der Waals surface area contributed by atoms with Crippen molar-refractivity contribution in [2.75, 3.05) is 19.8 Å². The number of ether oxygens (including phenoxy) is 2. The fourth-order valence-corrected chi connectivity index (χ4v) is 0.346. The second-order valence-electron chi connectivity index (χ2n) is 1.46. The average Bonchev–Trinajstić information content (AvgIpc) is 1.98. The molecule has 0 bridgehead atoms. The SMILES string of the molecule is C=COCCOC(=O)CN. The van der Waals surface area contributed by atoms with Crippen LogP contribution in [0.3, 0.4) is 0 Å². The third kappa shape index (κ3) is 5.11. The third-order valence-corrected chi connectivity index (χ3v) is 0.749. The van der Waals surface area contributed by atoms with Crippen LogP contribution in [-0.4, -0.2) is 25.7 Å². The largest absolute Gasteiger partial charge is 0.498 e. The number of hydrogen-bond acceptors (Lipinski definition) is 4. The molecule has 0 atom stereocenters. The van der Waals surface area contributed by atoms with Crippen LogP contribution in [-0.2, 0) is 14.3 Å². The van der Waals surface area contributed by atoms with Crippen molar-refractivity contribution in [3.05, 3.63) is 12.8 Å². The van der Waals surface area contributed by atoms with Crippen molar-refractivity contribution in [3.8, 4) is 0 Å². The predicted molar refractivity (Wildman–Crippen MR) is 36.2 cm³/mol. The highest BCUT2D eigenvalue weighted by atomic mass is 16.6. The van der Waals surface area contributed by atoms with Crippen LogP contribution >= 0.6 is 0 Å². The molecule has 58 valence electrons. The van der Waals surface area contributed by atoms with Crippen LogP contribution in [0.4, 0.5) is 0 Å². The second-order valence-corrected chi connectivity index (χ2v) is 1.46. The zero-order valence-electron chi connectivity index (χ0n) is 5.71. The Balaban J connectivity index is 3.03. The summed E-state index contributed by atoms with van der Waals surface area (Å²) in [5.74, 6) is -0.423. The van der Waals surface area contributed by atoms with Crippen LogP contribution in [0, 0.1) is 0 Å². The van der Waals surface area contributed by atoms with Crippen LogP contribution in [0.25, 0.3) is 0 Å². The summed E-state index contributed by atoms with van der Waals surface area (Å²) >= 11 is 0. The summed E-state index contributed by atoms with van der Waals surface area (Å²) in [7, 11) is 0. The third-order valence-electron chi connectivity index (χ3n) is 0.749. The molecule has 0 rings (SSSR count). The van der Waals surface area contributed by atoms with Gasteiger partial charge in [0.25, 0.3) is 0 Å². The minimum atomic E-state index is -0.423. The molecule has 0 saturated carbocycles. The number of hydrogen-bond donors (Lipinski definition) is 1. The summed E-state index contributed by atoms with van der Waals surface area (Å²) in [6, 6.07) is 0. The lowest BCUT2D eigenvalue weighted by atomic mass is 10.7. The van der Waals surface area contributed by atoms with E-state index in [-0.39, 0.29) is 13.2 Å². The summed E-state index contributed by atoms with van der Waals surface area (Å²) in [6.07, 6.45) is 1.29. The Morgan fingerprint density at radius 3 is 2.80 bits per heavy atom. The van der Waals surface area contributed by atoms with Gasteiger partial charge in [-0.25, -0.2) is 0 Å². The zero-order valence-corrected chi connectivity index (χ0v) is 5.71. The van der Waals surface area contributed by atoms with Gasteiger partial charge in [-0.05, 0) is 0 Å². The summed E-state index contributed by atoms with van der Waals surface area (Å²) in [5.41, 5.74) is 4.95. The quantitative estimate of drug-likeness (QED) is 0.326. The van der Waals surface area contributed by atoms with Crippen molar-refractivity contribution >= 4 is 5.97 Å². The topological polar surface area (TPSA) is 61.5 Å². The predicted octanol–water partition coefficient (Wildman–Crippen LogP) is -0.352. The van der Waals surface area contributed by atoms with Crippen LogP contribution in [0.5, 0.6) is 0 Å². The first-order valence-corrected chi connectivity index (χ1v) is 2.89. The maximum Gasteiger partial charge on any atom is 0.319 e. The van der Waals surface area contributed by atoms with E-state index in [1.54, 1.807) is 0 Å². The molecule has 0 unspecified atom stereocenters. The lowest BCUT2D eigenvalue weighted by Gasteiger charge is -2.01. The average molecular weight is 145 g/mol. The maximum absolute atomic E-state index is 10.3. The fourth-order valence-electron chi connectivity index (χ4n) is 0.346. The van der Waals surface area contributed by atoms with Gasteiger partial charge in [0.05, 0.1) is 12.8 Å².